The molecule has 1 saturated carbocycles. The molecular weight excluding hydrogens is 332 g/mol. The molecule has 4 fully saturated rings. The average Bonchev–Trinajstić information content (AvgIpc) is 2.59. The van der Waals surface area contributed by atoms with E-state index in [1.807, 2.05) is 0 Å². The first-order chi connectivity index (χ1) is 13.0. The van der Waals surface area contributed by atoms with Crippen molar-refractivity contribution in [2.45, 2.75) is 71.5 Å². The highest BCUT2D eigenvalue weighted by atomic mass is 15.4. The normalized spacial score (nSPS) is 33.6. The summed E-state index contributed by atoms with van der Waals surface area (Å²) in [7, 11) is 0. The van der Waals surface area contributed by atoms with Crippen LogP contribution in [0.5, 0.6) is 0 Å². The monoisotopic (exact) mass is 376 g/mol. The molecule has 0 unspecified atom stereocenters. The summed E-state index contributed by atoms with van der Waals surface area (Å²) in [6.45, 7) is 21.4. The number of piperazine rings is 1. The Morgan fingerprint density at radius 2 is 1.26 bits per heavy atom. The van der Waals surface area contributed by atoms with E-state index in [0.717, 1.165) is 35.9 Å². The highest BCUT2D eigenvalue weighted by molar-refractivity contribution is 4.94. The van der Waals surface area contributed by atoms with Gasteiger partial charge in [-0.05, 0) is 57.3 Å². The lowest BCUT2D eigenvalue weighted by Crippen LogP contribution is -2.65. The van der Waals surface area contributed by atoms with E-state index in [4.69, 9.17) is 0 Å². The Morgan fingerprint density at radius 3 is 1.78 bits per heavy atom. The molecule has 4 rings (SSSR count). The Morgan fingerprint density at radius 1 is 0.704 bits per heavy atom. The molecule has 0 aromatic heterocycles. The summed E-state index contributed by atoms with van der Waals surface area (Å²) in [6.07, 6.45) is 5.84. The third-order valence-corrected chi connectivity index (χ3v) is 8.24. The van der Waals surface area contributed by atoms with Crippen molar-refractivity contribution < 1.29 is 0 Å². The molecule has 0 aromatic rings. The molecule has 0 radical (unpaired) electrons. The Bertz CT molecular complexity index is 451. The second-order valence-corrected chi connectivity index (χ2v) is 10.7. The summed E-state index contributed by atoms with van der Waals surface area (Å²) in [6, 6.07) is 2.48. The van der Waals surface area contributed by atoms with Gasteiger partial charge >= 0.3 is 0 Å². The van der Waals surface area contributed by atoms with Gasteiger partial charge in [-0.2, -0.15) is 0 Å². The van der Waals surface area contributed by atoms with E-state index >= 15 is 0 Å². The first-order valence-electron chi connectivity index (χ1n) is 11.9. The fourth-order valence-electron chi connectivity index (χ4n) is 6.04. The van der Waals surface area contributed by atoms with E-state index in [0.29, 0.717) is 0 Å². The van der Waals surface area contributed by atoms with Gasteiger partial charge in [0.15, 0.2) is 0 Å². The minimum atomic E-state index is 0.738. The predicted octanol–water partition coefficient (Wildman–Crippen LogP) is 2.84. The van der Waals surface area contributed by atoms with Gasteiger partial charge in [0.05, 0.1) is 0 Å². The topological polar surface area (TPSA) is 13.0 Å². The van der Waals surface area contributed by atoms with Crippen molar-refractivity contribution in [2.24, 2.45) is 17.8 Å². The lowest BCUT2D eigenvalue weighted by Gasteiger charge is -2.52. The zero-order valence-corrected chi connectivity index (χ0v) is 18.4. The zero-order chi connectivity index (χ0) is 19.0. The van der Waals surface area contributed by atoms with Crippen LogP contribution in [0.2, 0.25) is 0 Å². The molecule has 0 spiro atoms. The van der Waals surface area contributed by atoms with Crippen molar-refractivity contribution in [1.29, 1.82) is 0 Å². The van der Waals surface area contributed by atoms with Gasteiger partial charge in [-0.3, -0.25) is 14.7 Å². The Labute approximate surface area is 168 Å². The zero-order valence-electron chi connectivity index (χ0n) is 18.4. The standard InChI is InChI=1S/C23H44N4/c1-18(2)21-5-7-22(8-6-21)25-9-11-26(12-10-25)23-16-24(17-23)13-20-14-27(15-20)19(3)4/h18-23H,5-17H2,1-4H3. The minimum Gasteiger partial charge on any atom is -0.300 e. The van der Waals surface area contributed by atoms with Crippen LogP contribution in [-0.4, -0.2) is 96.6 Å². The SMILES string of the molecule is CC(C)C1CCC(N2CCN(C3CN(CC4CN(C(C)C)C4)C3)CC2)CC1. The highest BCUT2D eigenvalue weighted by Crippen LogP contribution is 2.33. The largest absolute Gasteiger partial charge is 0.300 e. The summed E-state index contributed by atoms with van der Waals surface area (Å²) in [5, 5.41) is 0. The molecule has 3 saturated heterocycles. The molecule has 4 nitrogen and oxygen atoms in total. The van der Waals surface area contributed by atoms with E-state index < -0.39 is 0 Å². The van der Waals surface area contributed by atoms with E-state index in [9.17, 15) is 0 Å². The van der Waals surface area contributed by atoms with Gasteiger partial charge in [0.2, 0.25) is 0 Å². The summed E-state index contributed by atoms with van der Waals surface area (Å²) < 4.78 is 0. The molecule has 0 atom stereocenters. The van der Waals surface area contributed by atoms with Crippen LogP contribution in [0.3, 0.4) is 0 Å². The van der Waals surface area contributed by atoms with Gasteiger partial charge in [0.1, 0.15) is 0 Å². The Hall–Kier alpha value is -0.160. The third kappa shape index (κ3) is 4.71. The van der Waals surface area contributed by atoms with Crippen LogP contribution >= 0.6 is 0 Å². The second kappa shape index (κ2) is 8.69. The summed E-state index contributed by atoms with van der Waals surface area (Å²) in [5.41, 5.74) is 0. The first-order valence-corrected chi connectivity index (χ1v) is 11.9. The van der Waals surface area contributed by atoms with Gasteiger partial charge in [-0.15, -0.1) is 0 Å². The molecule has 156 valence electrons. The van der Waals surface area contributed by atoms with Crippen molar-refractivity contribution in [2.75, 3.05) is 58.9 Å². The molecular formula is C23H44N4. The van der Waals surface area contributed by atoms with E-state index in [1.165, 1.54) is 84.6 Å². The van der Waals surface area contributed by atoms with Gasteiger partial charge in [-0.25, -0.2) is 0 Å². The summed E-state index contributed by atoms with van der Waals surface area (Å²) in [4.78, 5) is 11.0. The van der Waals surface area contributed by atoms with Crippen LogP contribution in [0.1, 0.15) is 53.4 Å². The molecule has 3 heterocycles. The van der Waals surface area contributed by atoms with Crippen molar-refractivity contribution >= 4 is 0 Å². The summed E-state index contributed by atoms with van der Waals surface area (Å²) >= 11 is 0. The fraction of sp³-hybridized carbons (Fsp3) is 1.00. The maximum absolute atomic E-state index is 2.83. The molecule has 1 aliphatic carbocycles. The Balaban J connectivity index is 1.10. The quantitative estimate of drug-likeness (QED) is 0.707. The maximum Gasteiger partial charge on any atom is 0.0351 e. The van der Waals surface area contributed by atoms with Crippen LogP contribution in [0.4, 0.5) is 0 Å². The summed E-state index contributed by atoms with van der Waals surface area (Å²) in [5.74, 6) is 2.82. The van der Waals surface area contributed by atoms with Crippen LogP contribution in [0, 0.1) is 17.8 Å². The number of hydrogen-bond donors (Lipinski definition) is 0. The van der Waals surface area contributed by atoms with Crippen molar-refractivity contribution in [3.63, 3.8) is 0 Å². The maximum atomic E-state index is 2.83. The van der Waals surface area contributed by atoms with Crippen molar-refractivity contribution in [3.8, 4) is 0 Å². The van der Waals surface area contributed by atoms with Crippen LogP contribution in [0.25, 0.3) is 0 Å². The van der Waals surface area contributed by atoms with E-state index in [1.54, 1.807) is 0 Å². The predicted molar refractivity (Wildman–Crippen MR) is 114 cm³/mol. The van der Waals surface area contributed by atoms with Crippen molar-refractivity contribution in [1.82, 2.24) is 19.6 Å². The molecule has 4 heteroatoms. The fourth-order valence-corrected chi connectivity index (χ4v) is 6.04. The van der Waals surface area contributed by atoms with Gasteiger partial charge in [-0.1, -0.05) is 13.8 Å². The molecule has 4 aliphatic rings. The van der Waals surface area contributed by atoms with Gasteiger partial charge < -0.3 is 4.90 Å². The lowest BCUT2D eigenvalue weighted by atomic mass is 9.79. The van der Waals surface area contributed by atoms with Crippen LogP contribution < -0.4 is 0 Å². The molecule has 27 heavy (non-hydrogen) atoms. The number of hydrogen-bond acceptors (Lipinski definition) is 4. The van der Waals surface area contributed by atoms with E-state index in [-0.39, 0.29) is 0 Å². The molecule has 0 N–H and O–H groups in total. The third-order valence-electron chi connectivity index (χ3n) is 8.24. The average molecular weight is 377 g/mol. The van der Waals surface area contributed by atoms with Crippen LogP contribution in [-0.2, 0) is 0 Å². The minimum absolute atomic E-state index is 0.738. The van der Waals surface area contributed by atoms with Crippen molar-refractivity contribution in [3.05, 3.63) is 0 Å². The Kier molecular flexibility index (Phi) is 6.48. The number of likely N-dealkylation sites (tertiary alicyclic amines) is 2. The first kappa shape index (κ1) is 20.1. The number of nitrogens with zero attached hydrogens (tertiary/aromatic N) is 4. The molecule has 3 aliphatic heterocycles. The van der Waals surface area contributed by atoms with E-state index in [2.05, 4.69) is 47.3 Å². The molecule has 0 amide bonds. The number of rotatable bonds is 6. The van der Waals surface area contributed by atoms with Gasteiger partial charge in [0, 0.05) is 77.0 Å². The highest BCUT2D eigenvalue weighted by Gasteiger charge is 2.38. The molecule has 0 bridgehead atoms. The lowest BCUT2D eigenvalue weighted by molar-refractivity contribution is -0.0330. The van der Waals surface area contributed by atoms with Gasteiger partial charge in [0.25, 0.3) is 0 Å². The second-order valence-electron chi connectivity index (χ2n) is 10.7. The molecule has 0 aromatic carbocycles. The smallest absolute Gasteiger partial charge is 0.0351 e. The van der Waals surface area contributed by atoms with Crippen LogP contribution in [0.15, 0.2) is 0 Å².